The van der Waals surface area contributed by atoms with Crippen LogP contribution in [0.1, 0.15) is 12.8 Å². The van der Waals surface area contributed by atoms with E-state index in [0.29, 0.717) is 23.9 Å². The van der Waals surface area contributed by atoms with Crippen molar-refractivity contribution < 1.29 is 9.53 Å². The number of rotatable bonds is 3. The minimum absolute atomic E-state index is 0.0266. The first-order valence-corrected chi connectivity index (χ1v) is 6.62. The van der Waals surface area contributed by atoms with E-state index in [2.05, 4.69) is 6.07 Å². The van der Waals surface area contributed by atoms with Crippen molar-refractivity contribution in [1.29, 1.82) is 5.26 Å². The zero-order valence-electron chi connectivity index (χ0n) is 10.5. The van der Waals surface area contributed by atoms with Crippen molar-refractivity contribution in [3.63, 3.8) is 0 Å². The van der Waals surface area contributed by atoms with Crippen molar-refractivity contribution in [2.75, 3.05) is 19.7 Å². The minimum Gasteiger partial charge on any atom is -0.484 e. The number of likely N-dealkylation sites (tertiary alicyclic amines) is 1. The lowest BCUT2D eigenvalue weighted by atomic mass is 9.99. The van der Waals surface area contributed by atoms with E-state index in [-0.39, 0.29) is 18.4 Å². The SMILES string of the molecule is N#CC1CCN(C(=O)COc2ccc(Cl)cc2)CC1. The first-order valence-electron chi connectivity index (χ1n) is 6.25. The van der Waals surface area contributed by atoms with Gasteiger partial charge in [-0.1, -0.05) is 11.6 Å². The molecule has 1 amide bonds. The summed E-state index contributed by atoms with van der Waals surface area (Å²) < 4.78 is 5.41. The maximum Gasteiger partial charge on any atom is 0.260 e. The van der Waals surface area contributed by atoms with Gasteiger partial charge in [-0.2, -0.15) is 5.26 Å². The summed E-state index contributed by atoms with van der Waals surface area (Å²) in [6.45, 7) is 1.31. The highest BCUT2D eigenvalue weighted by Crippen LogP contribution is 2.18. The molecule has 0 atom stereocenters. The second-order valence-electron chi connectivity index (χ2n) is 4.53. The van der Waals surface area contributed by atoms with Gasteiger partial charge >= 0.3 is 0 Å². The molecule has 1 fully saturated rings. The number of hydrogen-bond donors (Lipinski definition) is 0. The largest absolute Gasteiger partial charge is 0.484 e. The van der Waals surface area contributed by atoms with Gasteiger partial charge in [0, 0.05) is 24.0 Å². The number of nitrogens with zero attached hydrogens (tertiary/aromatic N) is 2. The third kappa shape index (κ3) is 3.87. The van der Waals surface area contributed by atoms with Crippen LogP contribution in [0.25, 0.3) is 0 Å². The van der Waals surface area contributed by atoms with Crippen LogP contribution < -0.4 is 4.74 Å². The van der Waals surface area contributed by atoms with E-state index >= 15 is 0 Å². The molecule has 1 aliphatic heterocycles. The Balaban J connectivity index is 1.79. The first-order chi connectivity index (χ1) is 9.19. The zero-order valence-corrected chi connectivity index (χ0v) is 11.3. The van der Waals surface area contributed by atoms with Crippen LogP contribution >= 0.6 is 11.6 Å². The summed E-state index contributed by atoms with van der Waals surface area (Å²) in [5, 5.41) is 9.44. The Hall–Kier alpha value is -1.73. The maximum atomic E-state index is 11.9. The molecule has 1 saturated heterocycles. The standard InChI is InChI=1S/C14H15ClN2O2/c15-12-1-3-13(4-2-12)19-10-14(18)17-7-5-11(9-16)6-8-17/h1-4,11H,5-8,10H2. The van der Waals surface area contributed by atoms with Gasteiger partial charge in [0.2, 0.25) is 0 Å². The predicted octanol–water partition coefficient (Wildman–Crippen LogP) is 2.48. The number of carbonyl (C=O) groups is 1. The van der Waals surface area contributed by atoms with Gasteiger partial charge in [0.05, 0.1) is 6.07 Å². The van der Waals surface area contributed by atoms with Crippen LogP contribution in [0.2, 0.25) is 5.02 Å². The number of hydrogen-bond acceptors (Lipinski definition) is 3. The smallest absolute Gasteiger partial charge is 0.260 e. The molecule has 0 N–H and O–H groups in total. The molecule has 0 unspecified atom stereocenters. The van der Waals surface area contributed by atoms with Gasteiger partial charge in [-0.05, 0) is 37.1 Å². The summed E-state index contributed by atoms with van der Waals surface area (Å²) in [6.07, 6.45) is 1.51. The molecule has 1 heterocycles. The molecule has 1 aromatic carbocycles. The summed E-state index contributed by atoms with van der Waals surface area (Å²) >= 11 is 5.77. The molecule has 0 saturated carbocycles. The Morgan fingerprint density at radius 2 is 2.00 bits per heavy atom. The Kier molecular flexibility index (Phi) is 4.64. The lowest BCUT2D eigenvalue weighted by Crippen LogP contribution is -2.40. The summed E-state index contributed by atoms with van der Waals surface area (Å²) in [5.74, 6) is 0.678. The molecule has 1 aromatic rings. The highest BCUT2D eigenvalue weighted by Gasteiger charge is 2.22. The highest BCUT2D eigenvalue weighted by atomic mass is 35.5. The quantitative estimate of drug-likeness (QED) is 0.853. The van der Waals surface area contributed by atoms with E-state index < -0.39 is 0 Å². The van der Waals surface area contributed by atoms with E-state index in [1.165, 1.54) is 0 Å². The summed E-state index contributed by atoms with van der Waals surface area (Å²) in [5.41, 5.74) is 0. The average molecular weight is 279 g/mol. The Bertz CT molecular complexity index is 473. The molecule has 0 spiro atoms. The second-order valence-corrected chi connectivity index (χ2v) is 4.96. The van der Waals surface area contributed by atoms with Crippen LogP contribution in [0.15, 0.2) is 24.3 Å². The summed E-state index contributed by atoms with van der Waals surface area (Å²) in [7, 11) is 0. The molecular formula is C14H15ClN2O2. The molecule has 4 nitrogen and oxygen atoms in total. The van der Waals surface area contributed by atoms with Crippen molar-refractivity contribution in [1.82, 2.24) is 4.90 Å². The van der Waals surface area contributed by atoms with Crippen molar-refractivity contribution >= 4 is 17.5 Å². The van der Waals surface area contributed by atoms with Gasteiger partial charge in [0.25, 0.3) is 5.91 Å². The highest BCUT2D eigenvalue weighted by molar-refractivity contribution is 6.30. The molecule has 0 aliphatic carbocycles. The van der Waals surface area contributed by atoms with Crippen LogP contribution in [0, 0.1) is 17.2 Å². The Morgan fingerprint density at radius 1 is 1.37 bits per heavy atom. The second kappa shape index (κ2) is 6.44. The number of nitriles is 1. The van der Waals surface area contributed by atoms with Gasteiger partial charge in [0.15, 0.2) is 6.61 Å². The van der Waals surface area contributed by atoms with Crippen molar-refractivity contribution in [3.8, 4) is 11.8 Å². The fourth-order valence-electron chi connectivity index (χ4n) is 2.03. The minimum atomic E-state index is -0.0358. The van der Waals surface area contributed by atoms with Gasteiger partial charge in [-0.25, -0.2) is 0 Å². The lowest BCUT2D eigenvalue weighted by molar-refractivity contribution is -0.134. The zero-order chi connectivity index (χ0) is 13.7. The normalized spacial score (nSPS) is 15.9. The molecule has 1 aliphatic rings. The number of halogens is 1. The Labute approximate surface area is 117 Å². The molecule has 5 heteroatoms. The summed E-state index contributed by atoms with van der Waals surface area (Å²) in [4.78, 5) is 13.7. The molecule has 0 radical (unpaired) electrons. The van der Waals surface area contributed by atoms with Crippen LogP contribution in [0.5, 0.6) is 5.75 Å². The number of ether oxygens (including phenoxy) is 1. The average Bonchev–Trinajstić information content (AvgIpc) is 2.46. The van der Waals surface area contributed by atoms with Crippen LogP contribution in [0.3, 0.4) is 0 Å². The van der Waals surface area contributed by atoms with Gasteiger partial charge in [0.1, 0.15) is 5.75 Å². The van der Waals surface area contributed by atoms with E-state index in [0.717, 1.165) is 12.8 Å². The van der Waals surface area contributed by atoms with Gasteiger partial charge in [-0.3, -0.25) is 4.79 Å². The number of carbonyl (C=O) groups excluding carboxylic acids is 1. The van der Waals surface area contributed by atoms with Gasteiger partial charge < -0.3 is 9.64 Å². The molecule has 19 heavy (non-hydrogen) atoms. The molecule has 0 bridgehead atoms. The van der Waals surface area contributed by atoms with Crippen LogP contribution in [-0.4, -0.2) is 30.5 Å². The Morgan fingerprint density at radius 3 is 2.58 bits per heavy atom. The summed E-state index contributed by atoms with van der Waals surface area (Å²) in [6, 6.07) is 9.16. The van der Waals surface area contributed by atoms with Crippen molar-refractivity contribution in [3.05, 3.63) is 29.3 Å². The number of amides is 1. The molecular weight excluding hydrogens is 264 g/mol. The number of piperidine rings is 1. The predicted molar refractivity (Wildman–Crippen MR) is 71.9 cm³/mol. The third-order valence-electron chi connectivity index (χ3n) is 3.21. The monoisotopic (exact) mass is 278 g/mol. The van der Waals surface area contributed by atoms with Gasteiger partial charge in [-0.15, -0.1) is 0 Å². The van der Waals surface area contributed by atoms with Crippen LogP contribution in [0.4, 0.5) is 0 Å². The van der Waals surface area contributed by atoms with Crippen molar-refractivity contribution in [2.24, 2.45) is 5.92 Å². The topological polar surface area (TPSA) is 53.3 Å². The molecule has 2 rings (SSSR count). The molecule has 100 valence electrons. The van der Waals surface area contributed by atoms with Crippen molar-refractivity contribution in [2.45, 2.75) is 12.8 Å². The third-order valence-corrected chi connectivity index (χ3v) is 3.46. The number of benzene rings is 1. The fourth-order valence-corrected chi connectivity index (χ4v) is 2.15. The first kappa shape index (κ1) is 13.7. The van der Waals surface area contributed by atoms with E-state index in [9.17, 15) is 4.79 Å². The van der Waals surface area contributed by atoms with E-state index in [1.807, 2.05) is 0 Å². The van der Waals surface area contributed by atoms with Crippen LogP contribution in [-0.2, 0) is 4.79 Å². The van der Waals surface area contributed by atoms with E-state index in [1.54, 1.807) is 29.2 Å². The maximum absolute atomic E-state index is 11.9. The lowest BCUT2D eigenvalue weighted by Gasteiger charge is -2.29. The fraction of sp³-hybridized carbons (Fsp3) is 0.429. The van der Waals surface area contributed by atoms with E-state index in [4.69, 9.17) is 21.6 Å². The molecule has 0 aromatic heterocycles.